The topological polar surface area (TPSA) is 55.8 Å². The van der Waals surface area contributed by atoms with Gasteiger partial charge in [-0.25, -0.2) is 4.39 Å². The lowest BCUT2D eigenvalue weighted by Crippen LogP contribution is -2.48. The number of halogens is 1. The fraction of sp³-hybridized carbons (Fsp3) is 0.304. The zero-order chi connectivity index (χ0) is 19.7. The maximum absolute atomic E-state index is 13.6. The van der Waals surface area contributed by atoms with Gasteiger partial charge in [0.1, 0.15) is 5.82 Å². The normalized spacial score (nSPS) is 34.0. The molecule has 2 aromatic rings. The molecule has 4 aliphatic heterocycles. The molecule has 0 aromatic heterocycles. The van der Waals surface area contributed by atoms with Crippen LogP contribution in [-0.4, -0.2) is 41.5 Å². The second kappa shape index (κ2) is 6.08. The number of hydrogen-bond donors (Lipinski definition) is 0. The Morgan fingerprint density at radius 1 is 1.10 bits per heavy atom. The molecule has 3 saturated heterocycles. The molecule has 5 nitrogen and oxygen atoms in total. The molecular formula is C23H18FNO4. The fourth-order valence-electron chi connectivity index (χ4n) is 5.40. The Hall–Kier alpha value is -2.83. The zero-order valence-electron chi connectivity index (χ0n) is 15.4. The number of nitrogens with zero attached hydrogens (tertiary/aromatic N) is 1. The summed E-state index contributed by atoms with van der Waals surface area (Å²) in [6, 6.07) is 12.7. The van der Waals surface area contributed by atoms with E-state index in [1.165, 1.54) is 24.3 Å². The summed E-state index contributed by atoms with van der Waals surface area (Å²) in [4.78, 5) is 28.8. The first-order valence-corrected chi connectivity index (χ1v) is 9.78. The van der Waals surface area contributed by atoms with E-state index in [2.05, 4.69) is 0 Å². The number of rotatable bonds is 2. The van der Waals surface area contributed by atoms with Gasteiger partial charge >= 0.3 is 0 Å². The highest BCUT2D eigenvalue weighted by Crippen LogP contribution is 2.54. The zero-order valence-corrected chi connectivity index (χ0v) is 15.4. The van der Waals surface area contributed by atoms with Crippen molar-refractivity contribution in [3.63, 3.8) is 0 Å². The highest BCUT2D eigenvalue weighted by Gasteiger charge is 2.63. The van der Waals surface area contributed by atoms with Crippen LogP contribution in [0.15, 0.2) is 54.7 Å². The standard InChI is InChI=1S/C23H18FNO4/c24-14-7-5-13(6-8-14)21(26)20-17-16-11-28-23(29-16)22(27)18(17)19-15-4-2-1-3-12(15)9-10-25(19)20/h1-10,16-20,23H,11H2/t16-,17+,18-,19+,20+,23+/m0/s1. The first kappa shape index (κ1) is 17.1. The van der Waals surface area contributed by atoms with Gasteiger partial charge in [-0.15, -0.1) is 0 Å². The first-order chi connectivity index (χ1) is 14.1. The summed E-state index contributed by atoms with van der Waals surface area (Å²) in [5.41, 5.74) is 2.51. The van der Waals surface area contributed by atoms with Gasteiger partial charge in [-0.3, -0.25) is 9.59 Å². The van der Waals surface area contributed by atoms with E-state index < -0.39 is 18.1 Å². The lowest BCUT2D eigenvalue weighted by molar-refractivity contribution is -0.164. The maximum Gasteiger partial charge on any atom is 0.218 e. The number of carbonyl (C=O) groups excluding carboxylic acids is 2. The van der Waals surface area contributed by atoms with E-state index in [-0.39, 0.29) is 35.5 Å². The molecule has 0 unspecified atom stereocenters. The van der Waals surface area contributed by atoms with Gasteiger partial charge in [-0.05, 0) is 41.5 Å². The van der Waals surface area contributed by atoms with E-state index in [1.54, 1.807) is 0 Å². The lowest BCUT2D eigenvalue weighted by atomic mass is 9.75. The summed E-state index contributed by atoms with van der Waals surface area (Å²) in [6.45, 7) is 0.302. The van der Waals surface area contributed by atoms with Crippen molar-refractivity contribution in [2.75, 3.05) is 6.61 Å². The van der Waals surface area contributed by atoms with E-state index in [0.29, 0.717) is 12.2 Å². The SMILES string of the molecule is O=C1[C@@H]2OC[C@H](O2)[C@@H]2[C@H]1[C@H]1c3ccccc3C=CN1[C@H]2C(=O)c1ccc(F)cc1. The van der Waals surface area contributed by atoms with Crippen molar-refractivity contribution < 1.29 is 23.5 Å². The Labute approximate surface area is 166 Å². The third-order valence-electron chi connectivity index (χ3n) is 6.60. The Bertz CT molecular complexity index is 1050. The molecule has 0 amide bonds. The van der Waals surface area contributed by atoms with E-state index in [9.17, 15) is 14.0 Å². The second-order valence-electron chi connectivity index (χ2n) is 8.00. The van der Waals surface area contributed by atoms with Crippen LogP contribution >= 0.6 is 0 Å². The van der Waals surface area contributed by atoms with Crippen LogP contribution in [0.1, 0.15) is 27.5 Å². The smallest absolute Gasteiger partial charge is 0.218 e. The molecule has 0 spiro atoms. The number of Topliss-reactive ketones (excluding diaryl/α,β-unsaturated/α-hetero) is 2. The Morgan fingerprint density at radius 2 is 1.90 bits per heavy atom. The van der Waals surface area contributed by atoms with Gasteiger partial charge in [0.15, 0.2) is 11.6 Å². The van der Waals surface area contributed by atoms with Gasteiger partial charge in [0.25, 0.3) is 0 Å². The van der Waals surface area contributed by atoms with Crippen molar-refractivity contribution in [3.8, 4) is 0 Å². The van der Waals surface area contributed by atoms with Gasteiger partial charge in [0.2, 0.25) is 6.29 Å². The summed E-state index contributed by atoms with van der Waals surface area (Å²) in [5.74, 6) is -1.33. The Morgan fingerprint density at radius 3 is 2.72 bits per heavy atom. The number of hydrogen-bond acceptors (Lipinski definition) is 5. The minimum atomic E-state index is -0.846. The number of benzene rings is 2. The summed E-state index contributed by atoms with van der Waals surface area (Å²) < 4.78 is 24.8. The molecule has 0 radical (unpaired) electrons. The van der Waals surface area contributed by atoms with Crippen LogP contribution in [0.25, 0.3) is 6.08 Å². The molecule has 0 aliphatic carbocycles. The van der Waals surface area contributed by atoms with Crippen LogP contribution < -0.4 is 0 Å². The van der Waals surface area contributed by atoms with Crippen LogP contribution in [0.2, 0.25) is 0 Å². The molecular weight excluding hydrogens is 373 g/mol. The average Bonchev–Trinajstić information content (AvgIpc) is 3.33. The molecule has 2 aromatic carbocycles. The molecule has 0 N–H and O–H groups in total. The van der Waals surface area contributed by atoms with Crippen LogP contribution in [-0.2, 0) is 14.3 Å². The van der Waals surface area contributed by atoms with Crippen molar-refractivity contribution in [2.45, 2.75) is 24.5 Å². The third-order valence-corrected chi connectivity index (χ3v) is 6.60. The highest BCUT2D eigenvalue weighted by molar-refractivity contribution is 6.02. The quantitative estimate of drug-likeness (QED) is 0.737. The molecule has 4 heterocycles. The molecule has 146 valence electrons. The minimum absolute atomic E-state index is 0.0988. The summed E-state index contributed by atoms with van der Waals surface area (Å²) >= 11 is 0. The van der Waals surface area contributed by atoms with Crippen molar-refractivity contribution in [3.05, 3.63) is 77.2 Å². The summed E-state index contributed by atoms with van der Waals surface area (Å²) in [7, 11) is 0. The predicted octanol–water partition coefficient (Wildman–Crippen LogP) is 2.97. The van der Waals surface area contributed by atoms with Gasteiger partial charge in [0, 0.05) is 17.7 Å². The van der Waals surface area contributed by atoms with Crippen molar-refractivity contribution in [1.29, 1.82) is 0 Å². The predicted molar refractivity (Wildman–Crippen MR) is 101 cm³/mol. The molecule has 0 saturated carbocycles. The van der Waals surface area contributed by atoms with Crippen molar-refractivity contribution >= 4 is 17.6 Å². The van der Waals surface area contributed by atoms with E-state index in [4.69, 9.17) is 9.47 Å². The minimum Gasteiger partial charge on any atom is -0.359 e. The van der Waals surface area contributed by atoms with Crippen LogP contribution in [0.3, 0.4) is 0 Å². The van der Waals surface area contributed by atoms with E-state index in [1.807, 2.05) is 41.4 Å². The van der Waals surface area contributed by atoms with Crippen LogP contribution in [0.4, 0.5) is 4.39 Å². The van der Waals surface area contributed by atoms with Gasteiger partial charge < -0.3 is 14.4 Å². The summed E-state index contributed by atoms with van der Waals surface area (Å²) in [6.07, 6.45) is 2.73. The maximum atomic E-state index is 13.6. The molecule has 2 bridgehead atoms. The first-order valence-electron chi connectivity index (χ1n) is 9.78. The van der Waals surface area contributed by atoms with Gasteiger partial charge in [0.05, 0.1) is 30.7 Å². The van der Waals surface area contributed by atoms with Gasteiger partial charge in [-0.2, -0.15) is 0 Å². The molecule has 29 heavy (non-hydrogen) atoms. The van der Waals surface area contributed by atoms with E-state index in [0.717, 1.165) is 11.1 Å². The number of fused-ring (bicyclic) bond motifs is 8. The molecule has 6 atom stereocenters. The molecule has 3 fully saturated rings. The van der Waals surface area contributed by atoms with E-state index >= 15 is 0 Å². The lowest BCUT2D eigenvalue weighted by Gasteiger charge is -2.34. The van der Waals surface area contributed by atoms with Crippen LogP contribution in [0, 0.1) is 17.7 Å². The molecule has 6 heteroatoms. The van der Waals surface area contributed by atoms with Crippen LogP contribution in [0.5, 0.6) is 0 Å². The number of ether oxygens (including phenoxy) is 2. The Balaban J connectivity index is 1.50. The number of carbonyl (C=O) groups is 2. The average molecular weight is 391 g/mol. The van der Waals surface area contributed by atoms with Crippen molar-refractivity contribution in [2.24, 2.45) is 11.8 Å². The fourth-order valence-corrected chi connectivity index (χ4v) is 5.40. The molecule has 4 aliphatic rings. The monoisotopic (exact) mass is 391 g/mol. The largest absolute Gasteiger partial charge is 0.359 e. The highest BCUT2D eigenvalue weighted by atomic mass is 19.1. The molecule has 6 rings (SSSR count). The second-order valence-corrected chi connectivity index (χ2v) is 8.00. The number of ketones is 2. The third kappa shape index (κ3) is 2.33. The van der Waals surface area contributed by atoms with Crippen molar-refractivity contribution in [1.82, 2.24) is 4.90 Å². The Kier molecular flexibility index (Phi) is 3.58. The van der Waals surface area contributed by atoms with Gasteiger partial charge in [-0.1, -0.05) is 24.3 Å². The summed E-state index contributed by atoms with van der Waals surface area (Å²) in [5, 5.41) is 0.